The second-order valence-corrected chi connectivity index (χ2v) is 5.34. The Morgan fingerprint density at radius 1 is 1.19 bits per heavy atom. The third-order valence-electron chi connectivity index (χ3n) is 3.16. The van der Waals surface area contributed by atoms with Crippen molar-refractivity contribution >= 4 is 0 Å². The van der Waals surface area contributed by atoms with Crippen molar-refractivity contribution < 1.29 is 4.74 Å². The van der Waals surface area contributed by atoms with E-state index in [2.05, 4.69) is 15.2 Å². The van der Waals surface area contributed by atoms with Crippen LogP contribution in [0.25, 0.3) is 0 Å². The van der Waals surface area contributed by atoms with E-state index in [4.69, 9.17) is 10.5 Å². The largest absolute Gasteiger partial charge is 0.489 e. The summed E-state index contributed by atoms with van der Waals surface area (Å²) in [6, 6.07) is 3.65. The molecular formula is C16H22N4O. The van der Waals surface area contributed by atoms with Crippen molar-refractivity contribution in [3.63, 3.8) is 0 Å². The molecule has 5 heteroatoms. The Hall–Kier alpha value is -2.01. The average molecular weight is 286 g/mol. The lowest BCUT2D eigenvalue weighted by molar-refractivity contribution is 0.241. The Kier molecular flexibility index (Phi) is 4.85. The third-order valence-corrected chi connectivity index (χ3v) is 3.16. The quantitative estimate of drug-likeness (QED) is 0.914. The Morgan fingerprint density at radius 3 is 2.62 bits per heavy atom. The van der Waals surface area contributed by atoms with E-state index in [1.807, 2.05) is 39.8 Å². The molecule has 0 aliphatic rings. The number of pyridine rings is 1. The first-order valence-electron chi connectivity index (χ1n) is 7.21. The number of nitrogens with zero attached hydrogens (tertiary/aromatic N) is 3. The number of ether oxygens (including phenoxy) is 1. The second-order valence-electron chi connectivity index (χ2n) is 5.34. The highest BCUT2D eigenvalue weighted by molar-refractivity contribution is 5.36. The predicted molar refractivity (Wildman–Crippen MR) is 82.2 cm³/mol. The van der Waals surface area contributed by atoms with Gasteiger partial charge in [-0.15, -0.1) is 0 Å². The first-order valence-corrected chi connectivity index (χ1v) is 7.21. The van der Waals surface area contributed by atoms with Crippen LogP contribution in [-0.4, -0.2) is 21.3 Å². The molecule has 0 fully saturated rings. The van der Waals surface area contributed by atoms with Crippen LogP contribution in [0.1, 0.15) is 49.3 Å². The van der Waals surface area contributed by atoms with E-state index in [0.29, 0.717) is 0 Å². The standard InChI is InChI=1S/C16H22N4O/c1-5-15-14(6-11(4)19-20-15)16(17)12-7-13(9-18-8-12)21-10(2)3/h6-10,16H,5,17H2,1-4H3. The maximum Gasteiger partial charge on any atom is 0.138 e. The molecule has 2 rings (SSSR count). The fraction of sp³-hybridized carbons (Fsp3) is 0.438. The van der Waals surface area contributed by atoms with Crippen LogP contribution in [0, 0.1) is 6.92 Å². The molecule has 2 N–H and O–H groups in total. The number of nitrogens with two attached hydrogens (primary N) is 1. The van der Waals surface area contributed by atoms with Gasteiger partial charge in [-0.25, -0.2) is 0 Å². The Labute approximate surface area is 125 Å². The number of aryl methyl sites for hydroxylation is 2. The fourth-order valence-corrected chi connectivity index (χ4v) is 2.20. The minimum absolute atomic E-state index is 0.106. The van der Waals surface area contributed by atoms with Crippen LogP contribution in [0.3, 0.4) is 0 Å². The summed E-state index contributed by atoms with van der Waals surface area (Å²) in [6.45, 7) is 7.93. The van der Waals surface area contributed by atoms with E-state index in [0.717, 1.165) is 34.7 Å². The first kappa shape index (κ1) is 15.4. The molecule has 0 bridgehead atoms. The maximum atomic E-state index is 6.40. The summed E-state index contributed by atoms with van der Waals surface area (Å²) >= 11 is 0. The van der Waals surface area contributed by atoms with E-state index in [1.54, 1.807) is 12.4 Å². The van der Waals surface area contributed by atoms with Crippen LogP contribution in [0.2, 0.25) is 0 Å². The van der Waals surface area contributed by atoms with Crippen molar-refractivity contribution in [2.75, 3.05) is 0 Å². The van der Waals surface area contributed by atoms with E-state index in [-0.39, 0.29) is 12.1 Å². The summed E-state index contributed by atoms with van der Waals surface area (Å²) in [5.41, 5.74) is 10.1. The zero-order valence-corrected chi connectivity index (χ0v) is 13.0. The van der Waals surface area contributed by atoms with Gasteiger partial charge >= 0.3 is 0 Å². The monoisotopic (exact) mass is 286 g/mol. The molecule has 1 atom stereocenters. The molecule has 112 valence electrons. The molecule has 0 aromatic carbocycles. The Morgan fingerprint density at radius 2 is 1.95 bits per heavy atom. The van der Waals surface area contributed by atoms with Gasteiger partial charge in [0.05, 0.1) is 29.7 Å². The van der Waals surface area contributed by atoms with Crippen LogP contribution in [0.15, 0.2) is 24.5 Å². The highest BCUT2D eigenvalue weighted by Crippen LogP contribution is 2.25. The summed E-state index contributed by atoms with van der Waals surface area (Å²) in [5.74, 6) is 0.731. The van der Waals surface area contributed by atoms with Gasteiger partial charge in [-0.2, -0.15) is 10.2 Å². The van der Waals surface area contributed by atoms with Crippen molar-refractivity contribution in [3.05, 3.63) is 47.0 Å². The highest BCUT2D eigenvalue weighted by atomic mass is 16.5. The molecule has 2 heterocycles. The van der Waals surface area contributed by atoms with Crippen LogP contribution < -0.4 is 10.5 Å². The van der Waals surface area contributed by atoms with Crippen LogP contribution >= 0.6 is 0 Å². The van der Waals surface area contributed by atoms with Crippen molar-refractivity contribution in [2.45, 2.75) is 46.3 Å². The van der Waals surface area contributed by atoms with Gasteiger partial charge in [0, 0.05) is 6.20 Å². The van der Waals surface area contributed by atoms with Crippen molar-refractivity contribution in [3.8, 4) is 5.75 Å². The summed E-state index contributed by atoms with van der Waals surface area (Å²) in [4.78, 5) is 4.22. The molecule has 5 nitrogen and oxygen atoms in total. The fourth-order valence-electron chi connectivity index (χ4n) is 2.20. The predicted octanol–water partition coefficient (Wildman–Crippen LogP) is 2.58. The number of aromatic nitrogens is 3. The van der Waals surface area contributed by atoms with E-state index < -0.39 is 0 Å². The Balaban J connectivity index is 2.35. The van der Waals surface area contributed by atoms with Gasteiger partial charge in [-0.1, -0.05) is 6.92 Å². The first-order chi connectivity index (χ1) is 10.0. The molecule has 0 aliphatic heterocycles. The second kappa shape index (κ2) is 6.63. The summed E-state index contributed by atoms with van der Waals surface area (Å²) in [7, 11) is 0. The molecule has 21 heavy (non-hydrogen) atoms. The molecule has 0 spiro atoms. The van der Waals surface area contributed by atoms with E-state index in [9.17, 15) is 0 Å². The molecule has 1 unspecified atom stereocenters. The van der Waals surface area contributed by atoms with E-state index in [1.165, 1.54) is 0 Å². The van der Waals surface area contributed by atoms with Crippen LogP contribution in [-0.2, 0) is 6.42 Å². The lowest BCUT2D eigenvalue weighted by atomic mass is 9.98. The topological polar surface area (TPSA) is 73.9 Å². The molecule has 0 amide bonds. The molecule has 0 radical (unpaired) electrons. The van der Waals surface area contributed by atoms with Gasteiger partial charge in [0.25, 0.3) is 0 Å². The SMILES string of the molecule is CCc1nnc(C)cc1C(N)c1cncc(OC(C)C)c1. The molecule has 0 aliphatic carbocycles. The minimum Gasteiger partial charge on any atom is -0.489 e. The number of rotatable bonds is 5. The van der Waals surface area contributed by atoms with Crippen LogP contribution in [0.5, 0.6) is 5.75 Å². The van der Waals surface area contributed by atoms with Gasteiger partial charge in [0.1, 0.15) is 5.75 Å². The lowest BCUT2D eigenvalue weighted by Gasteiger charge is -2.17. The summed E-state index contributed by atoms with van der Waals surface area (Å²) in [6.07, 6.45) is 4.38. The summed E-state index contributed by atoms with van der Waals surface area (Å²) in [5, 5.41) is 8.33. The van der Waals surface area contributed by atoms with Crippen molar-refractivity contribution in [1.82, 2.24) is 15.2 Å². The van der Waals surface area contributed by atoms with Gasteiger partial charge in [-0.05, 0) is 50.5 Å². The average Bonchev–Trinajstić information content (AvgIpc) is 2.46. The lowest BCUT2D eigenvalue weighted by Crippen LogP contribution is -2.16. The Bertz CT molecular complexity index is 613. The molecular weight excluding hydrogens is 264 g/mol. The maximum absolute atomic E-state index is 6.40. The van der Waals surface area contributed by atoms with E-state index >= 15 is 0 Å². The number of hydrogen-bond donors (Lipinski definition) is 1. The molecule has 0 saturated heterocycles. The third kappa shape index (κ3) is 3.76. The van der Waals surface area contributed by atoms with Crippen LogP contribution in [0.4, 0.5) is 0 Å². The molecule has 2 aromatic rings. The molecule has 0 saturated carbocycles. The minimum atomic E-state index is -0.280. The zero-order valence-electron chi connectivity index (χ0n) is 13.0. The normalized spacial score (nSPS) is 12.5. The van der Waals surface area contributed by atoms with Gasteiger partial charge in [0.15, 0.2) is 0 Å². The van der Waals surface area contributed by atoms with Gasteiger partial charge < -0.3 is 10.5 Å². The highest BCUT2D eigenvalue weighted by Gasteiger charge is 2.16. The number of hydrogen-bond acceptors (Lipinski definition) is 5. The smallest absolute Gasteiger partial charge is 0.138 e. The zero-order chi connectivity index (χ0) is 15.4. The van der Waals surface area contributed by atoms with Crippen molar-refractivity contribution in [2.24, 2.45) is 5.73 Å². The summed E-state index contributed by atoms with van der Waals surface area (Å²) < 4.78 is 5.68. The van der Waals surface area contributed by atoms with Gasteiger partial charge in [0.2, 0.25) is 0 Å². The molecule has 2 aromatic heterocycles. The van der Waals surface area contributed by atoms with Crippen molar-refractivity contribution in [1.29, 1.82) is 0 Å². The van der Waals surface area contributed by atoms with Gasteiger partial charge in [-0.3, -0.25) is 4.98 Å².